The third kappa shape index (κ3) is 5.75. The van der Waals surface area contributed by atoms with Crippen LogP contribution in [0.15, 0.2) is 16.9 Å². The fourth-order valence-electron chi connectivity index (χ4n) is 3.86. The van der Waals surface area contributed by atoms with Crippen molar-refractivity contribution in [1.29, 1.82) is 0 Å². The number of ketones is 1. The van der Waals surface area contributed by atoms with E-state index in [0.29, 0.717) is 29.1 Å². The number of carbonyl (C=O) groups excluding carboxylic acids is 3. The highest BCUT2D eigenvalue weighted by Gasteiger charge is 2.20. The molecule has 0 atom stereocenters. The Morgan fingerprint density at radius 1 is 1.15 bits per heavy atom. The zero-order valence-corrected chi connectivity index (χ0v) is 20.0. The van der Waals surface area contributed by atoms with Gasteiger partial charge in [-0.3, -0.25) is 19.2 Å². The van der Waals surface area contributed by atoms with Gasteiger partial charge in [-0.05, 0) is 49.8 Å². The van der Waals surface area contributed by atoms with E-state index in [1.54, 1.807) is 17.4 Å². The number of nitrogens with one attached hydrogen (secondary N) is 2. The van der Waals surface area contributed by atoms with Gasteiger partial charge in [0.1, 0.15) is 10.7 Å². The average molecular weight is 488 g/mol. The van der Waals surface area contributed by atoms with Crippen LogP contribution in [0.1, 0.15) is 57.0 Å². The minimum atomic E-state index is -0.515. The number of fused-ring (bicyclic) bond motifs is 3. The molecule has 0 radical (unpaired) electrons. The number of nitrogens with zero attached hydrogens (tertiary/aromatic N) is 1. The van der Waals surface area contributed by atoms with E-state index in [9.17, 15) is 19.2 Å². The maximum atomic E-state index is 12.6. The van der Waals surface area contributed by atoms with Crippen molar-refractivity contribution in [3.63, 3.8) is 0 Å². The van der Waals surface area contributed by atoms with Crippen LogP contribution in [0.25, 0.3) is 10.2 Å². The molecule has 0 aromatic carbocycles. The second-order valence-electron chi connectivity index (χ2n) is 7.99. The van der Waals surface area contributed by atoms with Gasteiger partial charge in [-0.1, -0.05) is 0 Å². The first-order valence-electron chi connectivity index (χ1n) is 11.0. The van der Waals surface area contributed by atoms with E-state index in [2.05, 4.69) is 15.3 Å². The van der Waals surface area contributed by atoms with Crippen molar-refractivity contribution in [2.24, 2.45) is 0 Å². The zero-order chi connectivity index (χ0) is 23.4. The maximum absolute atomic E-state index is 12.6. The number of amides is 1. The predicted molar refractivity (Wildman–Crippen MR) is 127 cm³/mol. The van der Waals surface area contributed by atoms with Crippen LogP contribution in [-0.2, 0) is 40.0 Å². The lowest BCUT2D eigenvalue weighted by atomic mass is 9.97. The lowest BCUT2D eigenvalue weighted by Gasteiger charge is -2.09. The molecule has 174 valence electrons. The Labute approximate surface area is 198 Å². The number of hydrogen-bond acceptors (Lipinski definition) is 8. The summed E-state index contributed by atoms with van der Waals surface area (Å²) < 4.78 is 5.13. The molecule has 0 fully saturated rings. The number of aromatic amines is 1. The molecule has 1 amide bonds. The molecule has 3 heterocycles. The van der Waals surface area contributed by atoms with Gasteiger partial charge in [-0.25, -0.2) is 4.98 Å². The molecule has 33 heavy (non-hydrogen) atoms. The van der Waals surface area contributed by atoms with Gasteiger partial charge in [-0.15, -0.1) is 22.7 Å². The van der Waals surface area contributed by atoms with E-state index in [0.717, 1.165) is 41.0 Å². The SMILES string of the molecule is CC(=O)NCCc1ccc(C(=O)COC(=O)CCc2nc3sc4c(c3c(=O)[nH]2)CCCC4)s1. The second kappa shape index (κ2) is 10.4. The van der Waals surface area contributed by atoms with Crippen LogP contribution in [0.2, 0.25) is 0 Å². The van der Waals surface area contributed by atoms with Crippen molar-refractivity contribution < 1.29 is 19.1 Å². The fraction of sp³-hybridized carbons (Fsp3) is 0.435. The number of rotatable bonds is 9. The molecule has 2 N–H and O–H groups in total. The van der Waals surface area contributed by atoms with Gasteiger partial charge in [0.25, 0.3) is 5.56 Å². The normalized spacial score (nSPS) is 13.0. The van der Waals surface area contributed by atoms with Crippen molar-refractivity contribution in [3.8, 4) is 0 Å². The molecular formula is C23H25N3O5S2. The Morgan fingerprint density at radius 3 is 2.79 bits per heavy atom. The monoisotopic (exact) mass is 487 g/mol. The van der Waals surface area contributed by atoms with Gasteiger partial charge >= 0.3 is 5.97 Å². The molecule has 1 aliphatic carbocycles. The van der Waals surface area contributed by atoms with Crippen LogP contribution in [0.5, 0.6) is 0 Å². The average Bonchev–Trinajstić information content (AvgIpc) is 3.40. The van der Waals surface area contributed by atoms with E-state index in [1.807, 2.05) is 6.07 Å². The number of aromatic nitrogens is 2. The highest BCUT2D eigenvalue weighted by Crippen LogP contribution is 2.33. The number of Topliss-reactive ketones (excluding diaryl/α,β-unsaturated/α-hetero) is 1. The summed E-state index contributed by atoms with van der Waals surface area (Å²) in [6, 6.07) is 3.54. The molecule has 0 saturated carbocycles. The highest BCUT2D eigenvalue weighted by atomic mass is 32.1. The molecule has 0 saturated heterocycles. The number of esters is 1. The number of hydrogen-bond donors (Lipinski definition) is 2. The van der Waals surface area contributed by atoms with Crippen LogP contribution in [-0.4, -0.2) is 40.8 Å². The summed E-state index contributed by atoms with van der Waals surface area (Å²) in [7, 11) is 0. The first-order valence-corrected chi connectivity index (χ1v) is 12.6. The van der Waals surface area contributed by atoms with E-state index in [4.69, 9.17) is 4.74 Å². The standard InChI is InChI=1S/C23H25N3O5S2/c1-13(27)24-11-10-14-6-7-18(32-14)16(28)12-31-20(29)9-8-19-25-22(30)21-15-4-2-3-5-17(15)33-23(21)26-19/h6-7H,2-5,8-12H2,1H3,(H,24,27)(H,25,26,30). The summed E-state index contributed by atoms with van der Waals surface area (Å²) in [6.45, 7) is 1.64. The van der Waals surface area contributed by atoms with Gasteiger partial charge in [0.2, 0.25) is 11.7 Å². The van der Waals surface area contributed by atoms with Crippen molar-refractivity contribution in [2.45, 2.75) is 51.9 Å². The first-order chi connectivity index (χ1) is 15.9. The molecule has 3 aromatic rings. The predicted octanol–water partition coefficient (Wildman–Crippen LogP) is 2.96. The summed E-state index contributed by atoms with van der Waals surface area (Å²) in [5.41, 5.74) is 0.983. The molecule has 0 aliphatic heterocycles. The van der Waals surface area contributed by atoms with Crippen molar-refractivity contribution in [2.75, 3.05) is 13.2 Å². The Hall–Kier alpha value is -2.85. The Bertz CT molecular complexity index is 1260. The number of carbonyl (C=O) groups is 3. The van der Waals surface area contributed by atoms with E-state index in [1.165, 1.54) is 23.1 Å². The van der Waals surface area contributed by atoms with Gasteiger partial charge < -0.3 is 15.0 Å². The molecule has 10 heteroatoms. The number of H-pyrrole nitrogens is 1. The van der Waals surface area contributed by atoms with Gasteiger partial charge in [-0.2, -0.15) is 0 Å². The van der Waals surface area contributed by atoms with Crippen LogP contribution in [0.3, 0.4) is 0 Å². The molecule has 4 rings (SSSR count). The van der Waals surface area contributed by atoms with E-state index >= 15 is 0 Å². The molecular weight excluding hydrogens is 462 g/mol. The fourth-order valence-corrected chi connectivity index (χ4v) is 6.07. The van der Waals surface area contributed by atoms with Crippen LogP contribution >= 0.6 is 22.7 Å². The molecule has 0 bridgehead atoms. The number of ether oxygens (including phenoxy) is 1. The number of aryl methyl sites for hydroxylation is 3. The third-order valence-corrected chi connectivity index (χ3v) is 7.86. The molecule has 8 nitrogen and oxygen atoms in total. The van der Waals surface area contributed by atoms with Crippen molar-refractivity contribution in [3.05, 3.63) is 48.5 Å². The minimum Gasteiger partial charge on any atom is -0.457 e. The number of thiophene rings is 2. The maximum Gasteiger partial charge on any atom is 0.306 e. The topological polar surface area (TPSA) is 118 Å². The molecule has 3 aromatic heterocycles. The lowest BCUT2D eigenvalue weighted by molar-refractivity contribution is -0.142. The zero-order valence-electron chi connectivity index (χ0n) is 18.3. The molecule has 0 spiro atoms. The Balaban J connectivity index is 1.28. The molecule has 0 unspecified atom stereocenters. The summed E-state index contributed by atoms with van der Waals surface area (Å²) in [4.78, 5) is 58.8. The third-order valence-electron chi connectivity index (χ3n) is 5.49. The van der Waals surface area contributed by atoms with Crippen molar-refractivity contribution >= 4 is 50.5 Å². The van der Waals surface area contributed by atoms with Gasteiger partial charge in [0.15, 0.2) is 6.61 Å². The lowest BCUT2D eigenvalue weighted by Crippen LogP contribution is -2.22. The summed E-state index contributed by atoms with van der Waals surface area (Å²) in [6.07, 6.45) is 5.05. The Morgan fingerprint density at radius 2 is 1.97 bits per heavy atom. The van der Waals surface area contributed by atoms with E-state index < -0.39 is 5.97 Å². The Kier molecular flexibility index (Phi) is 7.34. The van der Waals surface area contributed by atoms with Crippen LogP contribution in [0, 0.1) is 0 Å². The minimum absolute atomic E-state index is 0.0270. The van der Waals surface area contributed by atoms with Gasteiger partial charge in [0.05, 0.1) is 16.7 Å². The molecule has 1 aliphatic rings. The van der Waals surface area contributed by atoms with Gasteiger partial charge in [0, 0.05) is 29.6 Å². The van der Waals surface area contributed by atoms with Crippen LogP contribution in [0.4, 0.5) is 0 Å². The van der Waals surface area contributed by atoms with E-state index in [-0.39, 0.29) is 36.7 Å². The largest absolute Gasteiger partial charge is 0.457 e. The summed E-state index contributed by atoms with van der Waals surface area (Å²) >= 11 is 2.90. The summed E-state index contributed by atoms with van der Waals surface area (Å²) in [5, 5.41) is 3.41. The quantitative estimate of drug-likeness (QED) is 0.354. The summed E-state index contributed by atoms with van der Waals surface area (Å²) in [5.74, 6) is -0.421. The smallest absolute Gasteiger partial charge is 0.306 e. The first kappa shape index (κ1) is 23.3. The highest BCUT2D eigenvalue weighted by molar-refractivity contribution is 7.18. The van der Waals surface area contributed by atoms with Crippen molar-refractivity contribution in [1.82, 2.24) is 15.3 Å². The second-order valence-corrected chi connectivity index (χ2v) is 10.2. The van der Waals surface area contributed by atoms with Crippen LogP contribution < -0.4 is 10.9 Å².